The predicted octanol–water partition coefficient (Wildman–Crippen LogP) is 3.29. The summed E-state index contributed by atoms with van der Waals surface area (Å²) >= 11 is 0. The topological polar surface area (TPSA) is 38.7 Å². The predicted molar refractivity (Wildman–Crippen MR) is 70.2 cm³/mol. The smallest absolute Gasteiger partial charge is 0.132 e. The average molecular weight is 244 g/mol. The standard InChI is InChI=1S/C15H16O3/c1-11-3-8-15(12(9-11)10-16)18-14-6-4-13(17-2)5-7-14/h3-9,16H,10H2,1-2H3. The van der Waals surface area contributed by atoms with Gasteiger partial charge in [-0.2, -0.15) is 0 Å². The lowest BCUT2D eigenvalue weighted by Crippen LogP contribution is -1.92. The quantitative estimate of drug-likeness (QED) is 0.897. The molecular weight excluding hydrogens is 228 g/mol. The fourth-order valence-electron chi connectivity index (χ4n) is 1.70. The van der Waals surface area contributed by atoms with Crippen LogP contribution in [-0.2, 0) is 6.61 Å². The molecule has 0 atom stereocenters. The van der Waals surface area contributed by atoms with Gasteiger partial charge in [-0.15, -0.1) is 0 Å². The molecule has 2 aromatic carbocycles. The monoisotopic (exact) mass is 244 g/mol. The Kier molecular flexibility index (Phi) is 3.85. The van der Waals surface area contributed by atoms with Gasteiger partial charge in [0.2, 0.25) is 0 Å². The molecule has 3 heteroatoms. The third-order valence-corrected chi connectivity index (χ3v) is 2.67. The summed E-state index contributed by atoms with van der Waals surface area (Å²) in [6.07, 6.45) is 0. The molecule has 2 aromatic rings. The van der Waals surface area contributed by atoms with Crippen LogP contribution in [0.15, 0.2) is 42.5 Å². The molecule has 0 aromatic heterocycles. The first-order chi connectivity index (χ1) is 8.72. The van der Waals surface area contributed by atoms with Crippen molar-refractivity contribution in [2.24, 2.45) is 0 Å². The van der Waals surface area contributed by atoms with Crippen LogP contribution in [0, 0.1) is 6.92 Å². The Morgan fingerprint density at radius 3 is 2.28 bits per heavy atom. The van der Waals surface area contributed by atoms with Gasteiger partial charge in [-0.1, -0.05) is 17.7 Å². The van der Waals surface area contributed by atoms with E-state index in [1.165, 1.54) is 0 Å². The number of rotatable bonds is 4. The van der Waals surface area contributed by atoms with E-state index in [2.05, 4.69) is 0 Å². The molecule has 0 radical (unpaired) electrons. The van der Waals surface area contributed by atoms with Crippen LogP contribution in [0.5, 0.6) is 17.2 Å². The van der Waals surface area contributed by atoms with Crippen LogP contribution in [0.3, 0.4) is 0 Å². The molecule has 0 aliphatic rings. The molecule has 94 valence electrons. The van der Waals surface area contributed by atoms with Gasteiger partial charge in [0.05, 0.1) is 13.7 Å². The van der Waals surface area contributed by atoms with Crippen LogP contribution in [-0.4, -0.2) is 12.2 Å². The van der Waals surface area contributed by atoms with Gasteiger partial charge < -0.3 is 14.6 Å². The van der Waals surface area contributed by atoms with Gasteiger partial charge in [-0.25, -0.2) is 0 Å². The van der Waals surface area contributed by atoms with Gasteiger partial charge in [0, 0.05) is 5.56 Å². The second kappa shape index (κ2) is 5.56. The molecule has 2 rings (SSSR count). The van der Waals surface area contributed by atoms with Gasteiger partial charge in [-0.05, 0) is 37.3 Å². The summed E-state index contributed by atoms with van der Waals surface area (Å²) in [5.41, 5.74) is 1.88. The lowest BCUT2D eigenvalue weighted by atomic mass is 10.1. The molecule has 0 heterocycles. The Morgan fingerprint density at radius 1 is 1.00 bits per heavy atom. The highest BCUT2D eigenvalue weighted by atomic mass is 16.5. The normalized spacial score (nSPS) is 10.2. The van der Waals surface area contributed by atoms with Gasteiger partial charge in [0.15, 0.2) is 0 Å². The van der Waals surface area contributed by atoms with Gasteiger partial charge in [-0.3, -0.25) is 0 Å². The minimum atomic E-state index is -0.0346. The molecule has 18 heavy (non-hydrogen) atoms. The highest BCUT2D eigenvalue weighted by Gasteiger charge is 2.04. The van der Waals surface area contributed by atoms with E-state index in [-0.39, 0.29) is 6.61 Å². The van der Waals surface area contributed by atoms with Crippen LogP contribution in [0.1, 0.15) is 11.1 Å². The average Bonchev–Trinajstić information content (AvgIpc) is 2.41. The number of benzene rings is 2. The van der Waals surface area contributed by atoms with E-state index in [4.69, 9.17) is 9.47 Å². The Balaban J connectivity index is 2.22. The Labute approximate surface area is 107 Å². The fraction of sp³-hybridized carbons (Fsp3) is 0.200. The number of aliphatic hydroxyl groups excluding tert-OH is 1. The Hall–Kier alpha value is -2.00. The third-order valence-electron chi connectivity index (χ3n) is 2.67. The first-order valence-corrected chi connectivity index (χ1v) is 5.75. The number of aliphatic hydroxyl groups is 1. The maximum absolute atomic E-state index is 9.30. The molecule has 0 spiro atoms. The summed E-state index contributed by atoms with van der Waals surface area (Å²) in [6, 6.07) is 13.1. The van der Waals surface area contributed by atoms with Crippen molar-refractivity contribution < 1.29 is 14.6 Å². The van der Waals surface area contributed by atoms with Gasteiger partial charge in [0.1, 0.15) is 17.2 Å². The molecule has 0 unspecified atom stereocenters. The van der Waals surface area contributed by atoms with E-state index < -0.39 is 0 Å². The van der Waals surface area contributed by atoms with Crippen LogP contribution >= 0.6 is 0 Å². The van der Waals surface area contributed by atoms with Crippen LogP contribution in [0.25, 0.3) is 0 Å². The molecule has 0 amide bonds. The minimum absolute atomic E-state index is 0.0346. The van der Waals surface area contributed by atoms with Crippen LogP contribution in [0.2, 0.25) is 0 Å². The Morgan fingerprint density at radius 2 is 1.67 bits per heavy atom. The maximum atomic E-state index is 9.30. The van der Waals surface area contributed by atoms with E-state index >= 15 is 0 Å². The maximum Gasteiger partial charge on any atom is 0.132 e. The lowest BCUT2D eigenvalue weighted by molar-refractivity contribution is 0.276. The zero-order valence-corrected chi connectivity index (χ0v) is 10.5. The molecule has 0 saturated carbocycles. The minimum Gasteiger partial charge on any atom is -0.497 e. The largest absolute Gasteiger partial charge is 0.497 e. The van der Waals surface area contributed by atoms with Crippen molar-refractivity contribution in [2.45, 2.75) is 13.5 Å². The summed E-state index contributed by atoms with van der Waals surface area (Å²) in [7, 11) is 1.62. The van der Waals surface area contributed by atoms with Crippen molar-refractivity contribution in [1.82, 2.24) is 0 Å². The molecule has 1 N–H and O–H groups in total. The van der Waals surface area contributed by atoms with Crippen molar-refractivity contribution >= 4 is 0 Å². The van der Waals surface area contributed by atoms with E-state index in [1.807, 2.05) is 49.4 Å². The van der Waals surface area contributed by atoms with E-state index in [0.29, 0.717) is 11.5 Å². The molecule has 0 saturated heterocycles. The first kappa shape index (κ1) is 12.5. The van der Waals surface area contributed by atoms with E-state index in [9.17, 15) is 5.11 Å². The fourth-order valence-corrected chi connectivity index (χ4v) is 1.70. The summed E-state index contributed by atoms with van der Waals surface area (Å²) in [5.74, 6) is 2.18. The summed E-state index contributed by atoms with van der Waals surface area (Å²) in [6.45, 7) is 1.95. The summed E-state index contributed by atoms with van der Waals surface area (Å²) in [4.78, 5) is 0. The number of ether oxygens (including phenoxy) is 2. The molecule has 0 fully saturated rings. The molecule has 0 bridgehead atoms. The van der Waals surface area contributed by atoms with Crippen molar-refractivity contribution in [3.63, 3.8) is 0 Å². The lowest BCUT2D eigenvalue weighted by Gasteiger charge is -2.10. The number of methoxy groups -OCH3 is 1. The van der Waals surface area contributed by atoms with Gasteiger partial charge >= 0.3 is 0 Å². The highest BCUT2D eigenvalue weighted by Crippen LogP contribution is 2.27. The molecule has 0 aliphatic heterocycles. The number of aryl methyl sites for hydroxylation is 1. The summed E-state index contributed by atoms with van der Waals surface area (Å²) in [5, 5.41) is 9.30. The Bertz CT molecular complexity index is 518. The SMILES string of the molecule is COc1ccc(Oc2ccc(C)cc2CO)cc1. The van der Waals surface area contributed by atoms with E-state index in [1.54, 1.807) is 7.11 Å². The zero-order chi connectivity index (χ0) is 13.0. The molecular formula is C15H16O3. The number of hydrogen-bond acceptors (Lipinski definition) is 3. The second-order valence-electron chi connectivity index (χ2n) is 4.05. The van der Waals surface area contributed by atoms with E-state index in [0.717, 1.165) is 16.9 Å². The molecule has 0 aliphatic carbocycles. The van der Waals surface area contributed by atoms with Crippen LogP contribution < -0.4 is 9.47 Å². The van der Waals surface area contributed by atoms with Crippen LogP contribution in [0.4, 0.5) is 0 Å². The second-order valence-corrected chi connectivity index (χ2v) is 4.05. The molecule has 3 nitrogen and oxygen atoms in total. The van der Waals surface area contributed by atoms with Crippen molar-refractivity contribution in [3.05, 3.63) is 53.6 Å². The summed E-state index contributed by atoms with van der Waals surface area (Å²) < 4.78 is 10.8. The number of hydrogen-bond donors (Lipinski definition) is 1. The van der Waals surface area contributed by atoms with Gasteiger partial charge in [0.25, 0.3) is 0 Å². The van der Waals surface area contributed by atoms with Crippen molar-refractivity contribution in [3.8, 4) is 17.2 Å². The zero-order valence-electron chi connectivity index (χ0n) is 10.5. The van der Waals surface area contributed by atoms with Crippen molar-refractivity contribution in [1.29, 1.82) is 0 Å². The highest BCUT2D eigenvalue weighted by molar-refractivity contribution is 5.41. The third kappa shape index (κ3) is 2.81. The van der Waals surface area contributed by atoms with Crippen molar-refractivity contribution in [2.75, 3.05) is 7.11 Å². The first-order valence-electron chi connectivity index (χ1n) is 5.75.